The fraction of sp³-hybridized carbons (Fsp3) is 0.611. The summed E-state index contributed by atoms with van der Waals surface area (Å²) >= 11 is 0. The Bertz CT molecular complexity index is 511. The number of hydrogen-bond donors (Lipinski definition) is 0. The van der Waals surface area contributed by atoms with Gasteiger partial charge in [-0.25, -0.2) is 0 Å². The average molecular weight is 320 g/mol. The van der Waals surface area contributed by atoms with Gasteiger partial charge >= 0.3 is 0 Å². The first-order chi connectivity index (χ1) is 11.2. The standard InChI is InChI=1S/C18H28N2O3/c1-4-19-9-11-20(12-10-19)18(21)15-7-8-17(23-6-3)16(13-15)14-22-5-2/h7-8,13H,4-6,9-12,14H2,1-3H3. The summed E-state index contributed by atoms with van der Waals surface area (Å²) in [6.07, 6.45) is 0. The molecule has 2 rings (SSSR count). The highest BCUT2D eigenvalue weighted by Crippen LogP contribution is 2.22. The third-order valence-corrected chi connectivity index (χ3v) is 4.18. The Morgan fingerprint density at radius 1 is 1.09 bits per heavy atom. The molecule has 0 N–H and O–H groups in total. The van der Waals surface area contributed by atoms with E-state index < -0.39 is 0 Å². The Morgan fingerprint density at radius 3 is 2.43 bits per heavy atom. The zero-order chi connectivity index (χ0) is 16.7. The van der Waals surface area contributed by atoms with Crippen LogP contribution in [0.25, 0.3) is 0 Å². The van der Waals surface area contributed by atoms with Gasteiger partial charge < -0.3 is 19.3 Å². The van der Waals surface area contributed by atoms with Crippen molar-refractivity contribution < 1.29 is 14.3 Å². The van der Waals surface area contributed by atoms with Crippen molar-refractivity contribution in [3.05, 3.63) is 29.3 Å². The number of rotatable bonds is 7. The van der Waals surface area contributed by atoms with E-state index in [0.717, 1.165) is 44.0 Å². The van der Waals surface area contributed by atoms with Crippen LogP contribution in [-0.2, 0) is 11.3 Å². The summed E-state index contributed by atoms with van der Waals surface area (Å²) in [6, 6.07) is 5.65. The van der Waals surface area contributed by atoms with Crippen LogP contribution in [-0.4, -0.2) is 61.6 Å². The molecule has 0 radical (unpaired) electrons. The third-order valence-electron chi connectivity index (χ3n) is 4.18. The minimum atomic E-state index is 0.0987. The van der Waals surface area contributed by atoms with E-state index in [4.69, 9.17) is 9.47 Å². The smallest absolute Gasteiger partial charge is 0.253 e. The summed E-state index contributed by atoms with van der Waals surface area (Å²) in [6.45, 7) is 12.3. The van der Waals surface area contributed by atoms with Gasteiger partial charge in [-0.2, -0.15) is 0 Å². The van der Waals surface area contributed by atoms with Crippen molar-refractivity contribution >= 4 is 5.91 Å². The predicted molar refractivity (Wildman–Crippen MR) is 91.0 cm³/mol. The highest BCUT2D eigenvalue weighted by atomic mass is 16.5. The lowest BCUT2D eigenvalue weighted by Gasteiger charge is -2.34. The Balaban J connectivity index is 2.10. The van der Waals surface area contributed by atoms with Crippen molar-refractivity contribution in [3.63, 3.8) is 0 Å². The van der Waals surface area contributed by atoms with Gasteiger partial charge in [-0.1, -0.05) is 6.92 Å². The average Bonchev–Trinajstić information content (AvgIpc) is 2.60. The maximum absolute atomic E-state index is 12.7. The van der Waals surface area contributed by atoms with Gasteiger partial charge in [0.15, 0.2) is 0 Å². The molecule has 0 spiro atoms. The molecule has 1 heterocycles. The topological polar surface area (TPSA) is 42.0 Å². The lowest BCUT2D eigenvalue weighted by atomic mass is 10.1. The molecule has 0 bridgehead atoms. The van der Waals surface area contributed by atoms with Crippen LogP contribution in [0.5, 0.6) is 5.75 Å². The van der Waals surface area contributed by atoms with E-state index >= 15 is 0 Å². The van der Waals surface area contributed by atoms with Crippen LogP contribution < -0.4 is 4.74 Å². The monoisotopic (exact) mass is 320 g/mol. The zero-order valence-corrected chi connectivity index (χ0v) is 14.5. The maximum Gasteiger partial charge on any atom is 0.253 e. The second kappa shape index (κ2) is 8.89. The number of carbonyl (C=O) groups excluding carboxylic acids is 1. The van der Waals surface area contributed by atoms with Crippen LogP contribution in [0.4, 0.5) is 0 Å². The quantitative estimate of drug-likeness (QED) is 0.774. The molecule has 5 heteroatoms. The molecule has 0 unspecified atom stereocenters. The van der Waals surface area contributed by atoms with Crippen molar-refractivity contribution in [1.29, 1.82) is 0 Å². The molecule has 128 valence electrons. The highest BCUT2D eigenvalue weighted by molar-refractivity contribution is 5.94. The summed E-state index contributed by atoms with van der Waals surface area (Å²) in [7, 11) is 0. The van der Waals surface area contributed by atoms with Gasteiger partial charge in [0, 0.05) is 43.9 Å². The number of nitrogens with zero attached hydrogens (tertiary/aromatic N) is 2. The SMILES string of the molecule is CCOCc1cc(C(=O)N2CCN(CC)CC2)ccc1OCC. The molecule has 1 aromatic carbocycles. The van der Waals surface area contributed by atoms with E-state index in [0.29, 0.717) is 25.4 Å². The van der Waals surface area contributed by atoms with Gasteiger partial charge in [0.1, 0.15) is 5.75 Å². The van der Waals surface area contributed by atoms with Gasteiger partial charge in [-0.15, -0.1) is 0 Å². The molecule has 0 aliphatic carbocycles. The normalized spacial score (nSPS) is 15.7. The van der Waals surface area contributed by atoms with Gasteiger partial charge in [0.25, 0.3) is 5.91 Å². The highest BCUT2D eigenvalue weighted by Gasteiger charge is 2.22. The van der Waals surface area contributed by atoms with Crippen molar-refractivity contribution in [2.75, 3.05) is 45.9 Å². The minimum Gasteiger partial charge on any atom is -0.494 e. The number of piperazine rings is 1. The minimum absolute atomic E-state index is 0.0987. The van der Waals surface area contributed by atoms with Crippen molar-refractivity contribution in [2.45, 2.75) is 27.4 Å². The van der Waals surface area contributed by atoms with Crippen LogP contribution >= 0.6 is 0 Å². The zero-order valence-electron chi connectivity index (χ0n) is 14.5. The first kappa shape index (κ1) is 17.8. The number of ether oxygens (including phenoxy) is 2. The molecule has 0 saturated carbocycles. The number of benzene rings is 1. The Labute approximate surface area is 139 Å². The van der Waals surface area contributed by atoms with E-state index in [-0.39, 0.29) is 5.91 Å². The molecule has 23 heavy (non-hydrogen) atoms. The lowest BCUT2D eigenvalue weighted by molar-refractivity contribution is 0.0643. The van der Waals surface area contributed by atoms with Gasteiger partial charge in [-0.3, -0.25) is 4.79 Å². The summed E-state index contributed by atoms with van der Waals surface area (Å²) in [4.78, 5) is 17.0. The van der Waals surface area contributed by atoms with Crippen molar-refractivity contribution in [1.82, 2.24) is 9.80 Å². The van der Waals surface area contributed by atoms with Crippen LogP contribution in [0.15, 0.2) is 18.2 Å². The Kier molecular flexibility index (Phi) is 6.86. The van der Waals surface area contributed by atoms with Crippen LogP contribution in [0, 0.1) is 0 Å². The van der Waals surface area contributed by atoms with E-state index in [2.05, 4.69) is 11.8 Å². The Hall–Kier alpha value is -1.59. The summed E-state index contributed by atoms with van der Waals surface area (Å²) in [5.74, 6) is 0.898. The van der Waals surface area contributed by atoms with Crippen LogP contribution in [0.3, 0.4) is 0 Å². The van der Waals surface area contributed by atoms with Gasteiger partial charge in [0.2, 0.25) is 0 Å². The molecule has 5 nitrogen and oxygen atoms in total. The number of hydrogen-bond acceptors (Lipinski definition) is 4. The largest absolute Gasteiger partial charge is 0.494 e. The number of likely N-dealkylation sites (N-methyl/N-ethyl adjacent to an activating group) is 1. The molecule has 1 saturated heterocycles. The Morgan fingerprint density at radius 2 is 1.83 bits per heavy atom. The molecule has 1 aromatic rings. The molecule has 0 atom stereocenters. The lowest BCUT2D eigenvalue weighted by Crippen LogP contribution is -2.48. The van der Waals surface area contributed by atoms with E-state index in [1.807, 2.05) is 36.9 Å². The van der Waals surface area contributed by atoms with E-state index in [1.54, 1.807) is 0 Å². The van der Waals surface area contributed by atoms with Crippen molar-refractivity contribution in [2.24, 2.45) is 0 Å². The van der Waals surface area contributed by atoms with E-state index in [1.165, 1.54) is 0 Å². The molecule has 1 aliphatic rings. The predicted octanol–water partition coefficient (Wildman–Crippen LogP) is 2.40. The number of amides is 1. The molecular formula is C18H28N2O3. The second-order valence-electron chi connectivity index (χ2n) is 5.62. The fourth-order valence-corrected chi connectivity index (χ4v) is 2.78. The third kappa shape index (κ3) is 4.69. The fourth-order valence-electron chi connectivity index (χ4n) is 2.78. The second-order valence-corrected chi connectivity index (χ2v) is 5.62. The molecular weight excluding hydrogens is 292 g/mol. The van der Waals surface area contributed by atoms with E-state index in [9.17, 15) is 4.79 Å². The first-order valence-corrected chi connectivity index (χ1v) is 8.54. The van der Waals surface area contributed by atoms with Gasteiger partial charge in [-0.05, 0) is 38.6 Å². The molecule has 1 aliphatic heterocycles. The molecule has 0 aromatic heterocycles. The van der Waals surface area contributed by atoms with Crippen LogP contribution in [0.1, 0.15) is 36.7 Å². The number of carbonyl (C=O) groups is 1. The maximum atomic E-state index is 12.7. The first-order valence-electron chi connectivity index (χ1n) is 8.54. The van der Waals surface area contributed by atoms with Gasteiger partial charge in [0.05, 0.1) is 13.2 Å². The summed E-state index contributed by atoms with van der Waals surface area (Å²) < 4.78 is 11.1. The molecule has 1 fully saturated rings. The van der Waals surface area contributed by atoms with Crippen molar-refractivity contribution in [3.8, 4) is 5.75 Å². The van der Waals surface area contributed by atoms with Crippen LogP contribution in [0.2, 0.25) is 0 Å². The summed E-state index contributed by atoms with van der Waals surface area (Å²) in [5, 5.41) is 0. The summed E-state index contributed by atoms with van der Waals surface area (Å²) in [5.41, 5.74) is 1.65. The molecule has 1 amide bonds.